The summed E-state index contributed by atoms with van der Waals surface area (Å²) in [6, 6.07) is 9.29. The van der Waals surface area contributed by atoms with Gasteiger partial charge in [0.1, 0.15) is 5.82 Å². The summed E-state index contributed by atoms with van der Waals surface area (Å²) in [5, 5.41) is 3.44. The molecule has 0 fully saturated rings. The number of hydrogen-bond acceptors (Lipinski definition) is 1. The molecule has 0 aliphatic rings. The average Bonchev–Trinajstić information content (AvgIpc) is 2.38. The first-order valence-electron chi connectivity index (χ1n) is 5.65. The quantitative estimate of drug-likeness (QED) is 0.795. The molecule has 2 aromatic rings. The maximum absolute atomic E-state index is 13.6. The average molecular weight is 377 g/mol. The second-order valence-electron chi connectivity index (χ2n) is 4.05. The Bertz CT molecular complexity index is 643. The van der Waals surface area contributed by atoms with Crippen molar-refractivity contribution in [1.82, 2.24) is 0 Å². The third-order valence-electron chi connectivity index (χ3n) is 2.60. The molecule has 0 radical (unpaired) electrons. The van der Waals surface area contributed by atoms with Gasteiger partial charge in [0, 0.05) is 20.7 Å². The normalized spacial score (nSPS) is 10.4. The number of amides is 1. The van der Waals surface area contributed by atoms with Crippen molar-refractivity contribution in [1.29, 1.82) is 0 Å². The Kier molecular flexibility index (Phi) is 5.02. The molecule has 20 heavy (non-hydrogen) atoms. The molecule has 0 saturated carbocycles. The number of hydrogen-bond donors (Lipinski definition) is 1. The highest BCUT2D eigenvalue weighted by molar-refractivity contribution is 9.10. The predicted molar refractivity (Wildman–Crippen MR) is 82.9 cm³/mol. The van der Waals surface area contributed by atoms with Gasteiger partial charge in [0.15, 0.2) is 0 Å². The van der Waals surface area contributed by atoms with Gasteiger partial charge in [-0.25, -0.2) is 4.39 Å². The first kappa shape index (κ1) is 15.3. The molecule has 0 heterocycles. The van der Waals surface area contributed by atoms with Gasteiger partial charge in [-0.05, 0) is 46.3 Å². The van der Waals surface area contributed by atoms with Crippen LogP contribution in [0, 0.1) is 5.82 Å². The molecule has 0 aliphatic heterocycles. The van der Waals surface area contributed by atoms with Crippen LogP contribution in [0.25, 0.3) is 0 Å². The minimum Gasteiger partial charge on any atom is -0.326 e. The van der Waals surface area contributed by atoms with Crippen molar-refractivity contribution >= 4 is 50.7 Å². The Labute approximate surface area is 134 Å². The van der Waals surface area contributed by atoms with Crippen molar-refractivity contribution in [3.05, 3.63) is 62.3 Å². The third-order valence-corrected chi connectivity index (χ3v) is 4.17. The van der Waals surface area contributed by atoms with E-state index in [2.05, 4.69) is 21.2 Å². The van der Waals surface area contributed by atoms with E-state index < -0.39 is 5.82 Å². The molecule has 104 valence electrons. The van der Waals surface area contributed by atoms with E-state index in [0.717, 1.165) is 0 Å². The van der Waals surface area contributed by atoms with Crippen molar-refractivity contribution in [2.24, 2.45) is 0 Å². The summed E-state index contributed by atoms with van der Waals surface area (Å²) < 4.78 is 14.2. The maximum Gasteiger partial charge on any atom is 0.228 e. The van der Waals surface area contributed by atoms with Gasteiger partial charge in [-0.2, -0.15) is 0 Å². The molecule has 0 bridgehead atoms. The SMILES string of the molecule is O=C(Cc1c(F)cccc1Cl)Nc1ccc(Cl)c(Br)c1. The van der Waals surface area contributed by atoms with Gasteiger partial charge < -0.3 is 5.32 Å². The lowest BCUT2D eigenvalue weighted by Crippen LogP contribution is -2.15. The van der Waals surface area contributed by atoms with Crippen molar-refractivity contribution in [3.8, 4) is 0 Å². The maximum atomic E-state index is 13.6. The molecule has 2 rings (SSSR count). The van der Waals surface area contributed by atoms with Gasteiger partial charge in [-0.1, -0.05) is 29.3 Å². The Balaban J connectivity index is 2.11. The summed E-state index contributed by atoms with van der Waals surface area (Å²) in [6.07, 6.45) is -0.133. The van der Waals surface area contributed by atoms with E-state index in [1.807, 2.05) is 0 Å². The van der Waals surface area contributed by atoms with Crippen LogP contribution < -0.4 is 5.32 Å². The Morgan fingerprint density at radius 2 is 1.95 bits per heavy atom. The van der Waals surface area contributed by atoms with E-state index in [-0.39, 0.29) is 22.9 Å². The molecule has 0 spiro atoms. The van der Waals surface area contributed by atoms with Crippen molar-refractivity contribution in [2.45, 2.75) is 6.42 Å². The molecule has 0 aliphatic carbocycles. The van der Waals surface area contributed by atoms with E-state index in [9.17, 15) is 9.18 Å². The van der Waals surface area contributed by atoms with Crippen LogP contribution >= 0.6 is 39.1 Å². The van der Waals surface area contributed by atoms with Crippen LogP contribution in [0.4, 0.5) is 10.1 Å². The van der Waals surface area contributed by atoms with E-state index >= 15 is 0 Å². The van der Waals surface area contributed by atoms with Gasteiger partial charge in [0.25, 0.3) is 0 Å². The van der Waals surface area contributed by atoms with Crippen molar-refractivity contribution in [3.63, 3.8) is 0 Å². The zero-order valence-corrected chi connectivity index (χ0v) is 13.2. The molecule has 2 aromatic carbocycles. The van der Waals surface area contributed by atoms with Gasteiger partial charge in [-0.15, -0.1) is 0 Å². The van der Waals surface area contributed by atoms with Crippen molar-refractivity contribution < 1.29 is 9.18 Å². The molecule has 0 unspecified atom stereocenters. The van der Waals surface area contributed by atoms with Crippen LogP contribution in [0.5, 0.6) is 0 Å². The van der Waals surface area contributed by atoms with Gasteiger partial charge in [-0.3, -0.25) is 4.79 Å². The molecular formula is C14H9BrCl2FNO. The van der Waals surface area contributed by atoms with Crippen molar-refractivity contribution in [2.75, 3.05) is 5.32 Å². The summed E-state index contributed by atoms with van der Waals surface area (Å²) in [6.45, 7) is 0. The van der Waals surface area contributed by atoms with Gasteiger partial charge >= 0.3 is 0 Å². The highest BCUT2D eigenvalue weighted by atomic mass is 79.9. The first-order valence-corrected chi connectivity index (χ1v) is 7.20. The molecule has 0 aromatic heterocycles. The van der Waals surface area contributed by atoms with E-state index in [1.54, 1.807) is 24.3 Å². The lowest BCUT2D eigenvalue weighted by molar-refractivity contribution is -0.115. The molecular weight excluding hydrogens is 368 g/mol. The second-order valence-corrected chi connectivity index (χ2v) is 5.72. The number of benzene rings is 2. The topological polar surface area (TPSA) is 29.1 Å². The summed E-state index contributed by atoms with van der Waals surface area (Å²) in [7, 11) is 0. The Morgan fingerprint density at radius 1 is 1.20 bits per heavy atom. The Morgan fingerprint density at radius 3 is 2.60 bits per heavy atom. The molecule has 1 N–H and O–H groups in total. The van der Waals surface area contributed by atoms with Gasteiger partial charge in [0.05, 0.1) is 11.4 Å². The molecule has 1 amide bonds. The van der Waals surface area contributed by atoms with E-state index in [0.29, 0.717) is 15.2 Å². The largest absolute Gasteiger partial charge is 0.326 e. The zero-order chi connectivity index (χ0) is 14.7. The fraction of sp³-hybridized carbons (Fsp3) is 0.0714. The molecule has 0 saturated heterocycles. The van der Waals surface area contributed by atoms with Crippen LogP contribution in [0.3, 0.4) is 0 Å². The molecule has 2 nitrogen and oxygen atoms in total. The highest BCUT2D eigenvalue weighted by Gasteiger charge is 2.12. The van der Waals surface area contributed by atoms with E-state index in [1.165, 1.54) is 12.1 Å². The van der Waals surface area contributed by atoms with Crippen LogP contribution in [0.2, 0.25) is 10.0 Å². The predicted octanol–water partition coefficient (Wildman–Crippen LogP) is 5.08. The number of anilines is 1. The summed E-state index contributed by atoms with van der Waals surface area (Å²) in [4.78, 5) is 11.9. The fourth-order valence-electron chi connectivity index (χ4n) is 1.64. The summed E-state index contributed by atoms with van der Waals surface area (Å²) >= 11 is 15.0. The lowest BCUT2D eigenvalue weighted by atomic mass is 10.1. The highest BCUT2D eigenvalue weighted by Crippen LogP contribution is 2.26. The van der Waals surface area contributed by atoms with Crippen LogP contribution in [0.15, 0.2) is 40.9 Å². The zero-order valence-electron chi connectivity index (χ0n) is 10.1. The van der Waals surface area contributed by atoms with Crippen LogP contribution in [-0.4, -0.2) is 5.91 Å². The monoisotopic (exact) mass is 375 g/mol. The summed E-state index contributed by atoms with van der Waals surface area (Å²) in [5.74, 6) is -0.851. The van der Waals surface area contributed by atoms with Crippen LogP contribution in [-0.2, 0) is 11.2 Å². The second kappa shape index (κ2) is 6.57. The van der Waals surface area contributed by atoms with E-state index in [4.69, 9.17) is 23.2 Å². The standard InChI is InChI=1S/C14H9BrCl2FNO/c15-10-6-8(4-5-12(10)17)19-14(20)7-9-11(16)2-1-3-13(9)18/h1-6H,7H2,(H,19,20). The number of carbonyl (C=O) groups is 1. The summed E-state index contributed by atoms with van der Waals surface area (Å²) in [5.41, 5.74) is 0.749. The molecule has 6 heteroatoms. The molecule has 0 atom stereocenters. The van der Waals surface area contributed by atoms with Crippen LogP contribution in [0.1, 0.15) is 5.56 Å². The number of carbonyl (C=O) groups excluding carboxylic acids is 1. The minimum atomic E-state index is -0.495. The Hall–Kier alpha value is -1.10. The number of rotatable bonds is 3. The lowest BCUT2D eigenvalue weighted by Gasteiger charge is -2.08. The first-order chi connectivity index (χ1) is 9.47. The smallest absolute Gasteiger partial charge is 0.228 e. The number of nitrogens with one attached hydrogen (secondary N) is 1. The van der Waals surface area contributed by atoms with Gasteiger partial charge in [0.2, 0.25) is 5.91 Å². The fourth-order valence-corrected chi connectivity index (χ4v) is 2.37. The third kappa shape index (κ3) is 3.72. The minimum absolute atomic E-state index is 0.133. The number of halogens is 4.